The SMILES string of the molecule is COc1ccc(NC(=O)c2ccc(N(C)C)c([N+](=O)[O-])c2)cc1. The van der Waals surface area contributed by atoms with Crippen LogP contribution in [0.2, 0.25) is 0 Å². The molecule has 0 unspecified atom stereocenters. The van der Waals surface area contributed by atoms with E-state index in [9.17, 15) is 14.9 Å². The zero-order valence-electron chi connectivity index (χ0n) is 13.1. The number of rotatable bonds is 5. The molecule has 1 amide bonds. The Balaban J connectivity index is 2.24. The second kappa shape index (κ2) is 6.78. The highest BCUT2D eigenvalue weighted by Gasteiger charge is 2.18. The van der Waals surface area contributed by atoms with Gasteiger partial charge in [-0.15, -0.1) is 0 Å². The number of nitro benzene ring substituents is 1. The minimum Gasteiger partial charge on any atom is -0.497 e. The van der Waals surface area contributed by atoms with E-state index in [2.05, 4.69) is 5.32 Å². The molecule has 0 radical (unpaired) electrons. The summed E-state index contributed by atoms with van der Waals surface area (Å²) in [5.74, 6) is 0.262. The van der Waals surface area contributed by atoms with Crippen molar-refractivity contribution in [1.29, 1.82) is 0 Å². The fourth-order valence-electron chi connectivity index (χ4n) is 2.07. The number of hydrogen-bond donors (Lipinski definition) is 1. The zero-order valence-corrected chi connectivity index (χ0v) is 13.1. The van der Waals surface area contributed by atoms with Crippen molar-refractivity contribution in [2.45, 2.75) is 0 Å². The Morgan fingerprint density at radius 1 is 1.17 bits per heavy atom. The Morgan fingerprint density at radius 3 is 2.35 bits per heavy atom. The quantitative estimate of drug-likeness (QED) is 0.677. The van der Waals surface area contributed by atoms with Gasteiger partial charge in [0.1, 0.15) is 11.4 Å². The van der Waals surface area contributed by atoms with E-state index in [4.69, 9.17) is 4.74 Å². The maximum absolute atomic E-state index is 12.2. The van der Waals surface area contributed by atoms with Crippen LogP contribution in [0.4, 0.5) is 17.1 Å². The largest absolute Gasteiger partial charge is 0.497 e. The number of methoxy groups -OCH3 is 1. The van der Waals surface area contributed by atoms with Crippen LogP contribution in [0.5, 0.6) is 5.75 Å². The van der Waals surface area contributed by atoms with E-state index in [1.54, 1.807) is 62.5 Å². The lowest BCUT2D eigenvalue weighted by Crippen LogP contribution is -2.15. The number of ether oxygens (including phenoxy) is 1. The first-order valence-electron chi connectivity index (χ1n) is 6.83. The third kappa shape index (κ3) is 3.76. The van der Waals surface area contributed by atoms with Gasteiger partial charge in [-0.2, -0.15) is 0 Å². The number of carbonyl (C=O) groups is 1. The smallest absolute Gasteiger partial charge is 0.293 e. The number of nitrogens with one attached hydrogen (secondary N) is 1. The van der Waals surface area contributed by atoms with Crippen molar-refractivity contribution in [2.24, 2.45) is 0 Å². The molecule has 0 spiro atoms. The van der Waals surface area contributed by atoms with Crippen molar-refractivity contribution in [3.05, 3.63) is 58.1 Å². The summed E-state index contributed by atoms with van der Waals surface area (Å²) >= 11 is 0. The van der Waals surface area contributed by atoms with Crippen molar-refractivity contribution in [2.75, 3.05) is 31.4 Å². The van der Waals surface area contributed by atoms with Gasteiger partial charge >= 0.3 is 0 Å². The predicted octanol–water partition coefficient (Wildman–Crippen LogP) is 2.92. The second-order valence-corrected chi connectivity index (χ2v) is 5.04. The first-order chi connectivity index (χ1) is 10.9. The first kappa shape index (κ1) is 16.3. The van der Waals surface area contributed by atoms with Gasteiger partial charge in [0.2, 0.25) is 0 Å². The first-order valence-corrected chi connectivity index (χ1v) is 6.83. The van der Waals surface area contributed by atoms with Gasteiger partial charge in [-0.05, 0) is 36.4 Å². The van der Waals surface area contributed by atoms with E-state index < -0.39 is 10.8 Å². The Labute approximate surface area is 133 Å². The monoisotopic (exact) mass is 315 g/mol. The number of amides is 1. The fourth-order valence-corrected chi connectivity index (χ4v) is 2.07. The molecule has 2 rings (SSSR count). The molecular formula is C16H17N3O4. The molecule has 2 aromatic carbocycles. The summed E-state index contributed by atoms with van der Waals surface area (Å²) in [5, 5.41) is 13.9. The van der Waals surface area contributed by atoms with Crippen LogP contribution in [0, 0.1) is 10.1 Å². The maximum Gasteiger partial charge on any atom is 0.293 e. The lowest BCUT2D eigenvalue weighted by Gasteiger charge is -2.13. The summed E-state index contributed by atoms with van der Waals surface area (Å²) in [5.41, 5.74) is 1.13. The van der Waals surface area contributed by atoms with Crippen LogP contribution in [0.15, 0.2) is 42.5 Å². The molecule has 0 aliphatic carbocycles. The van der Waals surface area contributed by atoms with E-state index in [1.807, 2.05) is 0 Å². The minimum absolute atomic E-state index is 0.114. The molecule has 7 heteroatoms. The predicted molar refractivity (Wildman–Crippen MR) is 88.4 cm³/mol. The van der Waals surface area contributed by atoms with Crippen LogP contribution in [0.1, 0.15) is 10.4 Å². The van der Waals surface area contributed by atoms with Gasteiger partial charge in [0.25, 0.3) is 11.6 Å². The summed E-state index contributed by atoms with van der Waals surface area (Å²) in [7, 11) is 4.97. The van der Waals surface area contributed by atoms with Crippen molar-refractivity contribution in [3.8, 4) is 5.75 Å². The maximum atomic E-state index is 12.2. The number of hydrogen-bond acceptors (Lipinski definition) is 5. The minimum atomic E-state index is -0.501. The third-order valence-electron chi connectivity index (χ3n) is 3.26. The standard InChI is InChI=1S/C16H17N3O4/c1-18(2)14-9-4-11(10-15(14)19(21)22)16(20)17-12-5-7-13(23-3)8-6-12/h4-10H,1-3H3,(H,17,20). The summed E-state index contributed by atoms with van der Waals surface area (Å²) in [6.07, 6.45) is 0. The molecule has 0 aliphatic rings. The molecule has 7 nitrogen and oxygen atoms in total. The van der Waals surface area contributed by atoms with Crippen LogP contribution in [-0.2, 0) is 0 Å². The third-order valence-corrected chi connectivity index (χ3v) is 3.26. The molecular weight excluding hydrogens is 298 g/mol. The Bertz CT molecular complexity index is 727. The van der Waals surface area contributed by atoms with E-state index in [0.29, 0.717) is 17.1 Å². The van der Waals surface area contributed by atoms with Crippen molar-refractivity contribution in [1.82, 2.24) is 0 Å². The molecule has 1 N–H and O–H groups in total. The molecule has 120 valence electrons. The Kier molecular flexibility index (Phi) is 4.80. The lowest BCUT2D eigenvalue weighted by molar-refractivity contribution is -0.384. The molecule has 0 heterocycles. The number of benzene rings is 2. The van der Waals surface area contributed by atoms with Gasteiger partial charge in [0.05, 0.1) is 12.0 Å². The van der Waals surface area contributed by atoms with Gasteiger partial charge < -0.3 is 15.0 Å². The van der Waals surface area contributed by atoms with Gasteiger partial charge in [-0.3, -0.25) is 14.9 Å². The molecule has 0 aromatic heterocycles. The van der Waals surface area contributed by atoms with E-state index in [-0.39, 0.29) is 11.3 Å². The summed E-state index contributed by atoms with van der Waals surface area (Å²) in [4.78, 5) is 24.5. The Hall–Kier alpha value is -3.09. The number of nitro groups is 1. The molecule has 0 fully saturated rings. The van der Waals surface area contributed by atoms with Crippen molar-refractivity contribution >= 4 is 23.0 Å². The van der Waals surface area contributed by atoms with Crippen LogP contribution in [0.3, 0.4) is 0 Å². The molecule has 23 heavy (non-hydrogen) atoms. The molecule has 0 bridgehead atoms. The molecule has 0 saturated heterocycles. The van der Waals surface area contributed by atoms with Gasteiger partial charge in [0.15, 0.2) is 0 Å². The highest BCUT2D eigenvalue weighted by atomic mass is 16.6. The molecule has 0 atom stereocenters. The summed E-state index contributed by atoms with van der Waals surface area (Å²) < 4.78 is 5.04. The molecule has 0 saturated carbocycles. The topological polar surface area (TPSA) is 84.7 Å². The Morgan fingerprint density at radius 2 is 1.83 bits per heavy atom. The van der Waals surface area contributed by atoms with Crippen LogP contribution in [-0.4, -0.2) is 32.0 Å². The number of anilines is 2. The van der Waals surface area contributed by atoms with Crippen molar-refractivity contribution in [3.63, 3.8) is 0 Å². The van der Waals surface area contributed by atoms with Gasteiger partial charge in [-0.25, -0.2) is 0 Å². The number of nitrogens with zero attached hydrogens (tertiary/aromatic N) is 2. The summed E-state index contributed by atoms with van der Waals surface area (Å²) in [6, 6.07) is 11.2. The van der Waals surface area contributed by atoms with Crippen LogP contribution in [0.25, 0.3) is 0 Å². The normalized spacial score (nSPS) is 10.0. The van der Waals surface area contributed by atoms with Crippen molar-refractivity contribution < 1.29 is 14.5 Å². The second-order valence-electron chi connectivity index (χ2n) is 5.04. The molecule has 0 aliphatic heterocycles. The average Bonchev–Trinajstić information content (AvgIpc) is 2.54. The fraction of sp³-hybridized carbons (Fsp3) is 0.188. The van der Waals surface area contributed by atoms with Gasteiger partial charge in [0, 0.05) is 31.4 Å². The summed E-state index contributed by atoms with van der Waals surface area (Å²) in [6.45, 7) is 0. The lowest BCUT2D eigenvalue weighted by atomic mass is 10.1. The van der Waals surface area contributed by atoms with Gasteiger partial charge in [-0.1, -0.05) is 0 Å². The van der Waals surface area contributed by atoms with Crippen LogP contribution >= 0.6 is 0 Å². The average molecular weight is 315 g/mol. The molecule has 2 aromatic rings. The highest BCUT2D eigenvalue weighted by Crippen LogP contribution is 2.28. The zero-order chi connectivity index (χ0) is 17.0. The van der Waals surface area contributed by atoms with E-state index >= 15 is 0 Å². The van der Waals surface area contributed by atoms with Crippen LogP contribution < -0.4 is 15.0 Å². The van der Waals surface area contributed by atoms with E-state index in [1.165, 1.54) is 6.07 Å². The number of carbonyl (C=O) groups excluding carboxylic acids is 1. The highest BCUT2D eigenvalue weighted by molar-refractivity contribution is 6.05. The van der Waals surface area contributed by atoms with E-state index in [0.717, 1.165) is 0 Å².